The summed E-state index contributed by atoms with van der Waals surface area (Å²) < 4.78 is 0. The van der Waals surface area contributed by atoms with E-state index in [1.807, 2.05) is 0 Å². The molecular formula is C18H31NO. The Labute approximate surface area is 123 Å². The molecule has 4 bridgehead atoms. The maximum absolute atomic E-state index is 9.91. The summed E-state index contributed by atoms with van der Waals surface area (Å²) >= 11 is 0. The highest BCUT2D eigenvalue weighted by Crippen LogP contribution is 2.55. The summed E-state index contributed by atoms with van der Waals surface area (Å²) in [5, 5.41) is 13.9. The van der Waals surface area contributed by atoms with Crippen LogP contribution in [0.15, 0.2) is 0 Å². The van der Waals surface area contributed by atoms with Crippen molar-refractivity contribution < 1.29 is 5.11 Å². The molecule has 0 atom stereocenters. The van der Waals surface area contributed by atoms with Crippen molar-refractivity contribution in [1.82, 2.24) is 5.32 Å². The van der Waals surface area contributed by atoms with Gasteiger partial charge in [-0.05, 0) is 69.1 Å². The highest BCUT2D eigenvalue weighted by molar-refractivity contribution is 5.07. The molecule has 0 spiro atoms. The smallest absolute Gasteiger partial charge is 0.0499 e. The quantitative estimate of drug-likeness (QED) is 0.824. The minimum atomic E-state index is 0.210. The van der Waals surface area contributed by atoms with E-state index in [1.165, 1.54) is 70.6 Å². The molecule has 0 unspecified atom stereocenters. The normalized spacial score (nSPS) is 45.8. The van der Waals surface area contributed by atoms with E-state index in [9.17, 15) is 5.11 Å². The van der Waals surface area contributed by atoms with Gasteiger partial charge in [0.1, 0.15) is 0 Å². The molecule has 20 heavy (non-hydrogen) atoms. The molecule has 0 aromatic carbocycles. The highest BCUT2D eigenvalue weighted by atomic mass is 16.3. The van der Waals surface area contributed by atoms with Crippen LogP contribution in [0.1, 0.15) is 70.6 Å². The Morgan fingerprint density at radius 1 is 0.850 bits per heavy atom. The average Bonchev–Trinajstić information content (AvgIpc) is 2.45. The van der Waals surface area contributed by atoms with Crippen LogP contribution in [0.3, 0.4) is 0 Å². The molecule has 0 aromatic rings. The Morgan fingerprint density at radius 3 is 1.90 bits per heavy atom. The summed E-state index contributed by atoms with van der Waals surface area (Å²) in [6, 6.07) is 0. The zero-order chi connectivity index (χ0) is 13.6. The largest absolute Gasteiger partial charge is 0.396 e. The molecule has 5 aliphatic rings. The van der Waals surface area contributed by atoms with Gasteiger partial charge < -0.3 is 10.4 Å². The first-order valence-electron chi connectivity index (χ1n) is 9.07. The summed E-state index contributed by atoms with van der Waals surface area (Å²) in [5.41, 5.74) is 0.677. The van der Waals surface area contributed by atoms with Gasteiger partial charge in [-0.3, -0.25) is 0 Å². The number of aliphatic hydroxyl groups is 1. The molecule has 5 rings (SSSR count). The second-order valence-electron chi connectivity index (χ2n) is 8.77. The van der Waals surface area contributed by atoms with Crippen LogP contribution in [0, 0.1) is 23.2 Å². The first kappa shape index (κ1) is 13.6. The van der Waals surface area contributed by atoms with Gasteiger partial charge >= 0.3 is 0 Å². The fraction of sp³-hybridized carbons (Fsp3) is 1.00. The Kier molecular flexibility index (Phi) is 3.38. The van der Waals surface area contributed by atoms with E-state index in [-0.39, 0.29) is 5.41 Å². The third kappa shape index (κ3) is 2.33. The molecular weight excluding hydrogens is 246 g/mol. The van der Waals surface area contributed by atoms with Crippen molar-refractivity contribution in [3.8, 4) is 0 Å². The van der Waals surface area contributed by atoms with E-state index >= 15 is 0 Å². The molecule has 0 heterocycles. The standard InChI is InChI=1S/C18H31NO/c20-13-17(4-2-1-3-5-17)12-19-18-9-14-6-15(10-18)8-16(7-14)11-18/h14-16,19-20H,1-13H2. The second-order valence-corrected chi connectivity index (χ2v) is 8.77. The lowest BCUT2D eigenvalue weighted by molar-refractivity contribution is -0.0310. The first-order chi connectivity index (χ1) is 9.71. The van der Waals surface area contributed by atoms with Gasteiger partial charge in [-0.15, -0.1) is 0 Å². The maximum atomic E-state index is 9.91. The van der Waals surface area contributed by atoms with Gasteiger partial charge in [-0.25, -0.2) is 0 Å². The van der Waals surface area contributed by atoms with E-state index < -0.39 is 0 Å². The Balaban J connectivity index is 1.43. The summed E-state index contributed by atoms with van der Waals surface area (Å²) in [4.78, 5) is 0. The van der Waals surface area contributed by atoms with Crippen LogP contribution < -0.4 is 5.32 Å². The maximum Gasteiger partial charge on any atom is 0.0499 e. The second kappa shape index (κ2) is 4.98. The van der Waals surface area contributed by atoms with Gasteiger partial charge in [-0.1, -0.05) is 19.3 Å². The minimum Gasteiger partial charge on any atom is -0.396 e. The van der Waals surface area contributed by atoms with E-state index in [4.69, 9.17) is 0 Å². The predicted molar refractivity (Wildman–Crippen MR) is 81.5 cm³/mol. The molecule has 2 heteroatoms. The molecule has 5 saturated carbocycles. The number of aliphatic hydroxyl groups excluding tert-OH is 1. The van der Waals surface area contributed by atoms with Crippen molar-refractivity contribution in [3.05, 3.63) is 0 Å². The van der Waals surface area contributed by atoms with Crippen LogP contribution >= 0.6 is 0 Å². The summed E-state index contributed by atoms with van der Waals surface area (Å²) in [5.74, 6) is 3.06. The molecule has 0 saturated heterocycles. The van der Waals surface area contributed by atoms with Crippen LogP contribution in [-0.4, -0.2) is 23.8 Å². The van der Waals surface area contributed by atoms with E-state index in [2.05, 4.69) is 5.32 Å². The van der Waals surface area contributed by atoms with Gasteiger partial charge in [0, 0.05) is 24.1 Å². The third-order valence-corrected chi connectivity index (χ3v) is 7.13. The summed E-state index contributed by atoms with van der Waals surface area (Å²) in [6.07, 6.45) is 15.4. The van der Waals surface area contributed by atoms with Gasteiger partial charge in [0.15, 0.2) is 0 Å². The highest BCUT2D eigenvalue weighted by Gasteiger charge is 2.51. The molecule has 0 amide bonds. The fourth-order valence-corrected chi connectivity index (χ4v) is 6.39. The lowest BCUT2D eigenvalue weighted by atomic mass is 9.53. The average molecular weight is 277 g/mol. The number of hydrogen-bond donors (Lipinski definition) is 2. The summed E-state index contributed by atoms with van der Waals surface area (Å²) in [7, 11) is 0. The van der Waals surface area contributed by atoms with Crippen molar-refractivity contribution in [2.75, 3.05) is 13.2 Å². The van der Waals surface area contributed by atoms with E-state index in [1.54, 1.807) is 0 Å². The Bertz CT molecular complexity index is 323. The molecule has 0 aliphatic heterocycles. The Morgan fingerprint density at radius 2 is 1.40 bits per heavy atom. The topological polar surface area (TPSA) is 32.3 Å². The summed E-state index contributed by atoms with van der Waals surface area (Å²) in [6.45, 7) is 1.47. The van der Waals surface area contributed by atoms with Crippen molar-refractivity contribution in [1.29, 1.82) is 0 Å². The SMILES string of the molecule is OCC1(CNC23CC4CC(CC(C4)C2)C3)CCCCC1. The molecule has 5 aliphatic carbocycles. The lowest BCUT2D eigenvalue weighted by Crippen LogP contribution is -2.60. The fourth-order valence-electron chi connectivity index (χ4n) is 6.39. The minimum absolute atomic E-state index is 0.210. The predicted octanol–water partition coefficient (Wildman–Crippen LogP) is 3.49. The van der Waals surface area contributed by atoms with Gasteiger partial charge in [0.2, 0.25) is 0 Å². The number of hydrogen-bond acceptors (Lipinski definition) is 2. The monoisotopic (exact) mass is 277 g/mol. The molecule has 0 aromatic heterocycles. The van der Waals surface area contributed by atoms with Gasteiger partial charge in [-0.2, -0.15) is 0 Å². The van der Waals surface area contributed by atoms with Crippen LogP contribution in [0.4, 0.5) is 0 Å². The number of nitrogens with one attached hydrogen (secondary N) is 1. The number of rotatable bonds is 4. The van der Waals surface area contributed by atoms with Crippen LogP contribution in [0.2, 0.25) is 0 Å². The molecule has 2 nitrogen and oxygen atoms in total. The van der Waals surface area contributed by atoms with Crippen molar-refractivity contribution in [2.45, 2.75) is 76.2 Å². The molecule has 2 N–H and O–H groups in total. The van der Waals surface area contributed by atoms with Gasteiger partial charge in [0.05, 0.1) is 0 Å². The van der Waals surface area contributed by atoms with E-state index in [0.717, 1.165) is 24.3 Å². The zero-order valence-corrected chi connectivity index (χ0v) is 12.9. The molecule has 114 valence electrons. The van der Waals surface area contributed by atoms with Crippen LogP contribution in [0.5, 0.6) is 0 Å². The van der Waals surface area contributed by atoms with Crippen LogP contribution in [-0.2, 0) is 0 Å². The first-order valence-corrected chi connectivity index (χ1v) is 9.07. The Hall–Kier alpha value is -0.0800. The zero-order valence-electron chi connectivity index (χ0n) is 12.9. The van der Waals surface area contributed by atoms with Gasteiger partial charge in [0.25, 0.3) is 0 Å². The lowest BCUT2D eigenvalue weighted by Gasteiger charge is -2.58. The van der Waals surface area contributed by atoms with Crippen LogP contribution in [0.25, 0.3) is 0 Å². The molecule has 5 fully saturated rings. The van der Waals surface area contributed by atoms with Crippen molar-refractivity contribution >= 4 is 0 Å². The third-order valence-electron chi connectivity index (χ3n) is 7.13. The van der Waals surface area contributed by atoms with E-state index in [0.29, 0.717) is 12.1 Å². The molecule has 0 radical (unpaired) electrons. The van der Waals surface area contributed by atoms with Crippen molar-refractivity contribution in [3.63, 3.8) is 0 Å². The van der Waals surface area contributed by atoms with Crippen molar-refractivity contribution in [2.24, 2.45) is 23.2 Å².